The molecule has 1 saturated heterocycles. The van der Waals surface area contributed by atoms with Crippen LogP contribution in [0.15, 0.2) is 28.1 Å². The highest BCUT2D eigenvalue weighted by Gasteiger charge is 2.31. The van der Waals surface area contributed by atoms with Crippen molar-refractivity contribution in [1.29, 1.82) is 0 Å². The number of amides is 2. The van der Waals surface area contributed by atoms with Gasteiger partial charge in [0.15, 0.2) is 16.7 Å². The number of amidine groups is 1. The molecule has 0 bridgehead atoms. The Morgan fingerprint density at radius 2 is 2.06 bits per heavy atom. The molecule has 1 fully saturated rings. The van der Waals surface area contributed by atoms with Gasteiger partial charge in [-0.05, 0) is 36.6 Å². The highest BCUT2D eigenvalue weighted by molar-refractivity contribution is 8.26. The van der Waals surface area contributed by atoms with Crippen molar-refractivity contribution in [2.45, 2.75) is 25.7 Å². The van der Waals surface area contributed by atoms with Gasteiger partial charge in [0.25, 0.3) is 5.91 Å². The molecule has 2 heterocycles. The van der Waals surface area contributed by atoms with Crippen molar-refractivity contribution in [2.75, 3.05) is 33.1 Å². The Labute approximate surface area is 196 Å². The Morgan fingerprint density at radius 3 is 2.77 bits per heavy atom. The highest BCUT2D eigenvalue weighted by atomic mass is 32.2. The fraction of sp³-hybridized carbons (Fsp3) is 0.429. The number of hydrogen-bond acceptors (Lipinski definition) is 8. The summed E-state index contributed by atoms with van der Waals surface area (Å²) in [7, 11) is 3.16. The Bertz CT molecular complexity index is 917. The highest BCUT2D eigenvalue weighted by Crippen LogP contribution is 2.34. The number of methoxy groups -OCH3 is 2. The number of carbonyl (C=O) groups excluding carboxylic acids is 2. The number of nitrogens with zero attached hydrogens (tertiary/aromatic N) is 2. The fourth-order valence-corrected chi connectivity index (χ4v) is 5.16. The molecule has 2 amide bonds. The van der Waals surface area contributed by atoms with Gasteiger partial charge >= 0.3 is 0 Å². The number of unbranched alkanes of at least 4 members (excludes halogenated alkanes) is 2. The lowest BCUT2D eigenvalue weighted by Crippen LogP contribution is -2.29. The summed E-state index contributed by atoms with van der Waals surface area (Å²) < 4.78 is 11.1. The van der Waals surface area contributed by atoms with E-state index < -0.39 is 0 Å². The summed E-state index contributed by atoms with van der Waals surface area (Å²) in [5.74, 6) is 2.08. The van der Waals surface area contributed by atoms with Gasteiger partial charge in [0, 0.05) is 18.7 Å². The average Bonchev–Trinajstić information content (AvgIpc) is 3.36. The lowest BCUT2D eigenvalue weighted by Gasteiger charge is -2.14. The molecule has 0 atom stereocenters. The van der Waals surface area contributed by atoms with Gasteiger partial charge in [0.05, 0.1) is 25.7 Å². The van der Waals surface area contributed by atoms with E-state index in [1.807, 2.05) is 18.2 Å². The van der Waals surface area contributed by atoms with Crippen LogP contribution in [0.4, 0.5) is 0 Å². The second-order valence-electron chi connectivity index (χ2n) is 6.84. The van der Waals surface area contributed by atoms with Crippen LogP contribution in [0.3, 0.4) is 0 Å². The van der Waals surface area contributed by atoms with Crippen LogP contribution in [0.5, 0.6) is 11.5 Å². The molecule has 0 unspecified atom stereocenters. The largest absolute Gasteiger partial charge is 0.493 e. The molecule has 7 nitrogen and oxygen atoms in total. The van der Waals surface area contributed by atoms with Crippen LogP contribution in [-0.4, -0.2) is 59.3 Å². The van der Waals surface area contributed by atoms with E-state index in [2.05, 4.69) is 10.3 Å². The van der Waals surface area contributed by atoms with E-state index in [1.54, 1.807) is 36.9 Å². The Hall–Kier alpha value is -2.04. The van der Waals surface area contributed by atoms with Gasteiger partial charge in [-0.15, -0.1) is 0 Å². The number of ether oxygens (including phenoxy) is 2. The molecule has 10 heteroatoms. The number of aliphatic imine (C=N–C) groups is 1. The smallest absolute Gasteiger partial charge is 0.266 e. The van der Waals surface area contributed by atoms with Crippen molar-refractivity contribution >= 4 is 63.1 Å². The van der Waals surface area contributed by atoms with Gasteiger partial charge in [0.1, 0.15) is 4.32 Å². The molecule has 0 spiro atoms. The summed E-state index contributed by atoms with van der Waals surface area (Å²) in [5, 5.41) is 3.56. The van der Waals surface area contributed by atoms with Crippen LogP contribution in [-0.2, 0) is 9.59 Å². The maximum atomic E-state index is 12.8. The minimum absolute atomic E-state index is 0.00313. The molecule has 2 aliphatic rings. The predicted molar refractivity (Wildman–Crippen MR) is 131 cm³/mol. The molecule has 1 aromatic rings. The van der Waals surface area contributed by atoms with E-state index in [1.165, 1.54) is 11.8 Å². The number of thiocarbonyl (C=S) groups is 1. The first kappa shape index (κ1) is 23.6. The Balaban J connectivity index is 1.46. The number of thioether (sulfide) groups is 2. The van der Waals surface area contributed by atoms with Crippen molar-refractivity contribution in [1.82, 2.24) is 10.2 Å². The van der Waals surface area contributed by atoms with Crippen molar-refractivity contribution in [3.8, 4) is 11.5 Å². The minimum atomic E-state index is -0.0844. The number of hydrogen-bond donors (Lipinski definition) is 1. The van der Waals surface area contributed by atoms with Crippen LogP contribution in [0.1, 0.15) is 31.2 Å². The molecule has 0 aromatic heterocycles. The molecular weight excluding hydrogens is 454 g/mol. The third kappa shape index (κ3) is 6.47. The topological polar surface area (TPSA) is 80.2 Å². The first-order chi connectivity index (χ1) is 15.0. The quantitative estimate of drug-likeness (QED) is 0.329. The number of nitrogens with one attached hydrogen (secondary N) is 1. The summed E-state index contributed by atoms with van der Waals surface area (Å²) >= 11 is 8.28. The second kappa shape index (κ2) is 11.5. The van der Waals surface area contributed by atoms with Crippen LogP contribution in [0.2, 0.25) is 0 Å². The van der Waals surface area contributed by atoms with Crippen LogP contribution in [0, 0.1) is 0 Å². The molecule has 1 N–H and O–H groups in total. The van der Waals surface area contributed by atoms with Gasteiger partial charge in [-0.25, -0.2) is 0 Å². The number of benzene rings is 1. The molecule has 31 heavy (non-hydrogen) atoms. The second-order valence-corrected chi connectivity index (χ2v) is 9.60. The standard InChI is InChI=1S/C21H25N3O4S3/c1-27-15-8-7-14(12-16(15)28-2)13-17-19(26)24(21(29)31-17)10-5-3-4-6-18(25)23-20-22-9-11-30-20/h7-8,12-13H,3-6,9-11H2,1-2H3,(H,22,23,25). The predicted octanol–water partition coefficient (Wildman–Crippen LogP) is 3.68. The number of rotatable bonds is 9. The lowest BCUT2D eigenvalue weighted by molar-refractivity contribution is -0.122. The molecule has 0 aliphatic carbocycles. The zero-order valence-corrected chi connectivity index (χ0v) is 20.0. The summed E-state index contributed by atoms with van der Waals surface area (Å²) in [6, 6.07) is 5.50. The van der Waals surface area contributed by atoms with Gasteiger partial charge in [-0.3, -0.25) is 19.5 Å². The first-order valence-electron chi connectivity index (χ1n) is 9.96. The van der Waals surface area contributed by atoms with Crippen molar-refractivity contribution in [3.05, 3.63) is 28.7 Å². The van der Waals surface area contributed by atoms with Crippen molar-refractivity contribution in [3.63, 3.8) is 0 Å². The van der Waals surface area contributed by atoms with Crippen molar-refractivity contribution in [2.24, 2.45) is 4.99 Å². The minimum Gasteiger partial charge on any atom is -0.493 e. The van der Waals surface area contributed by atoms with Crippen LogP contribution < -0.4 is 14.8 Å². The normalized spacial score (nSPS) is 17.3. The first-order valence-corrected chi connectivity index (χ1v) is 12.2. The van der Waals surface area contributed by atoms with Gasteiger partial charge < -0.3 is 14.8 Å². The van der Waals surface area contributed by atoms with Crippen LogP contribution >= 0.6 is 35.7 Å². The fourth-order valence-electron chi connectivity index (χ4n) is 3.11. The molecule has 1 aromatic carbocycles. The van der Waals surface area contributed by atoms with Gasteiger partial charge in [0.2, 0.25) is 5.91 Å². The molecule has 2 aliphatic heterocycles. The Morgan fingerprint density at radius 1 is 1.26 bits per heavy atom. The third-order valence-electron chi connectivity index (χ3n) is 4.70. The molecular formula is C21H25N3O4S3. The number of carbonyl (C=O) groups is 2. The molecule has 0 saturated carbocycles. The zero-order valence-electron chi connectivity index (χ0n) is 17.5. The van der Waals surface area contributed by atoms with E-state index in [0.29, 0.717) is 33.7 Å². The monoisotopic (exact) mass is 479 g/mol. The van der Waals surface area contributed by atoms with Gasteiger partial charge in [-0.1, -0.05) is 48.2 Å². The maximum absolute atomic E-state index is 12.8. The summed E-state index contributed by atoms with van der Waals surface area (Å²) in [4.78, 5) is 31.1. The molecule has 0 radical (unpaired) electrons. The lowest BCUT2D eigenvalue weighted by atomic mass is 10.1. The summed E-state index contributed by atoms with van der Waals surface area (Å²) in [6.07, 6.45) is 4.67. The van der Waals surface area contributed by atoms with Gasteiger partial charge in [-0.2, -0.15) is 0 Å². The Kier molecular flexibility index (Phi) is 8.79. The van der Waals surface area contributed by atoms with E-state index >= 15 is 0 Å². The van der Waals surface area contributed by atoms with E-state index in [0.717, 1.165) is 42.3 Å². The maximum Gasteiger partial charge on any atom is 0.266 e. The average molecular weight is 480 g/mol. The molecule has 3 rings (SSSR count). The van der Waals surface area contributed by atoms with E-state index in [9.17, 15) is 9.59 Å². The van der Waals surface area contributed by atoms with E-state index in [4.69, 9.17) is 21.7 Å². The third-order valence-corrected chi connectivity index (χ3v) is 6.97. The molecule has 166 valence electrons. The SMILES string of the molecule is COc1ccc(C=C2SC(=S)N(CCCCCC(=O)NC3=NCCS3)C2=O)cc1OC. The van der Waals surface area contributed by atoms with Crippen LogP contribution in [0.25, 0.3) is 6.08 Å². The summed E-state index contributed by atoms with van der Waals surface area (Å²) in [5.41, 5.74) is 0.842. The van der Waals surface area contributed by atoms with Crippen molar-refractivity contribution < 1.29 is 19.1 Å². The summed E-state index contributed by atoms with van der Waals surface area (Å²) in [6.45, 7) is 1.32. The van der Waals surface area contributed by atoms with E-state index in [-0.39, 0.29) is 11.8 Å². The zero-order chi connectivity index (χ0) is 22.2.